The number of carbonyl (C=O) groups is 2. The van der Waals surface area contributed by atoms with Crippen LogP contribution in [0.1, 0.15) is 45.6 Å². The Morgan fingerprint density at radius 3 is 2.72 bits per heavy atom. The van der Waals surface area contributed by atoms with Gasteiger partial charge >= 0.3 is 12.1 Å². The van der Waals surface area contributed by atoms with Gasteiger partial charge in [0, 0.05) is 29.5 Å². The van der Waals surface area contributed by atoms with E-state index in [1.807, 2.05) is 0 Å². The van der Waals surface area contributed by atoms with E-state index in [1.54, 1.807) is 34.7 Å². The fraction of sp³-hybridized carbons (Fsp3) is 0.320. The monoisotopic (exact) mass is 536 g/mol. The molecule has 11 heteroatoms. The molecule has 1 unspecified atom stereocenters. The molecule has 0 spiro atoms. The molecule has 5 rings (SSSR count). The fourth-order valence-electron chi connectivity index (χ4n) is 4.84. The van der Waals surface area contributed by atoms with Crippen LogP contribution in [0.2, 0.25) is 5.02 Å². The van der Waals surface area contributed by atoms with Crippen LogP contribution in [0.5, 0.6) is 5.75 Å². The third kappa shape index (κ3) is 4.67. The highest BCUT2D eigenvalue weighted by molar-refractivity contribution is 7.09. The lowest BCUT2D eigenvalue weighted by molar-refractivity contribution is -0.139. The number of carboxylic acids is 1. The van der Waals surface area contributed by atoms with Gasteiger partial charge in [0.25, 0.3) is 0 Å². The molecule has 1 saturated carbocycles. The third-order valence-electron chi connectivity index (χ3n) is 6.50. The number of hydrogen-bond acceptors (Lipinski definition) is 5. The molecule has 1 fully saturated rings. The number of alkyl halides is 3. The quantitative estimate of drug-likeness (QED) is 0.446. The lowest BCUT2D eigenvalue weighted by Crippen LogP contribution is -2.41. The number of fused-ring (bicyclic) bond motifs is 1. The molecule has 3 atom stereocenters. The lowest BCUT2D eigenvalue weighted by atomic mass is 9.95. The number of halogens is 4. The van der Waals surface area contributed by atoms with Crippen molar-refractivity contribution in [3.05, 3.63) is 80.3 Å². The van der Waals surface area contributed by atoms with E-state index in [4.69, 9.17) is 21.4 Å². The minimum Gasteiger partial charge on any atom is -0.482 e. The van der Waals surface area contributed by atoms with Crippen LogP contribution in [0.15, 0.2) is 48.0 Å². The minimum atomic E-state index is -4.50. The number of thiazole rings is 1. The first-order valence-electron chi connectivity index (χ1n) is 11.2. The van der Waals surface area contributed by atoms with Crippen LogP contribution in [0, 0.1) is 5.92 Å². The molecule has 2 aliphatic rings. The van der Waals surface area contributed by atoms with Gasteiger partial charge in [0.1, 0.15) is 5.75 Å². The largest absolute Gasteiger partial charge is 0.482 e. The summed E-state index contributed by atoms with van der Waals surface area (Å²) in [5, 5.41) is 9.47. The van der Waals surface area contributed by atoms with Crippen LogP contribution in [-0.2, 0) is 22.2 Å². The number of benzene rings is 2. The Morgan fingerprint density at radius 2 is 1.97 bits per heavy atom. The van der Waals surface area contributed by atoms with Crippen LogP contribution in [0.4, 0.5) is 13.2 Å². The van der Waals surface area contributed by atoms with Gasteiger partial charge in [-0.2, -0.15) is 13.2 Å². The van der Waals surface area contributed by atoms with E-state index in [1.165, 1.54) is 23.5 Å². The molecule has 2 heterocycles. The summed E-state index contributed by atoms with van der Waals surface area (Å²) in [6.07, 6.45) is -3.68. The predicted molar refractivity (Wildman–Crippen MR) is 126 cm³/mol. The third-order valence-corrected chi connectivity index (χ3v) is 7.65. The molecule has 2 aromatic carbocycles. The standard InChI is InChI=1S/C25H20ClF3N2O4S/c26-13-5-6-20(35-11-21(32)33)17(9-13)22-23-19(30-12-36-23)7-8-31(22)24(34)16-10-15(16)14-3-1-2-4-18(14)25(27,28)29/h1-6,9,12,15-16,22H,7-8,10-11H2,(H,32,33)/t15-,16+,22?/m0/s1. The predicted octanol–water partition coefficient (Wildman–Crippen LogP) is 5.56. The number of rotatable bonds is 6. The average Bonchev–Trinajstić information content (AvgIpc) is 3.49. The van der Waals surface area contributed by atoms with Gasteiger partial charge in [0.15, 0.2) is 6.61 Å². The smallest absolute Gasteiger partial charge is 0.416 e. The molecular formula is C25H20ClF3N2O4S. The van der Waals surface area contributed by atoms with E-state index in [0.717, 1.165) is 16.6 Å². The number of amides is 1. The summed E-state index contributed by atoms with van der Waals surface area (Å²) in [4.78, 5) is 31.7. The van der Waals surface area contributed by atoms with Crippen LogP contribution < -0.4 is 4.74 Å². The molecular weight excluding hydrogens is 517 g/mol. The average molecular weight is 537 g/mol. The Bertz CT molecular complexity index is 1330. The zero-order valence-electron chi connectivity index (χ0n) is 18.7. The van der Waals surface area contributed by atoms with Crippen molar-refractivity contribution in [1.29, 1.82) is 0 Å². The number of ether oxygens (including phenoxy) is 1. The Hall–Kier alpha value is -3.11. The summed E-state index contributed by atoms with van der Waals surface area (Å²) >= 11 is 7.63. The maximum Gasteiger partial charge on any atom is 0.416 e. The maximum absolute atomic E-state index is 13.7. The van der Waals surface area contributed by atoms with Crippen LogP contribution in [0.25, 0.3) is 0 Å². The highest BCUT2D eigenvalue weighted by Gasteiger charge is 2.51. The molecule has 1 aliphatic heterocycles. The second-order valence-corrected chi connectivity index (χ2v) is 10.1. The van der Waals surface area contributed by atoms with Crippen molar-refractivity contribution in [2.75, 3.05) is 13.2 Å². The van der Waals surface area contributed by atoms with E-state index in [-0.39, 0.29) is 17.2 Å². The summed E-state index contributed by atoms with van der Waals surface area (Å²) in [6.45, 7) is -0.265. The molecule has 1 N–H and O–H groups in total. The van der Waals surface area contributed by atoms with Gasteiger partial charge in [-0.1, -0.05) is 29.8 Å². The molecule has 0 radical (unpaired) electrons. The summed E-state index contributed by atoms with van der Waals surface area (Å²) in [7, 11) is 0. The van der Waals surface area contributed by atoms with Gasteiger partial charge in [0.05, 0.1) is 27.7 Å². The summed E-state index contributed by atoms with van der Waals surface area (Å²) in [6, 6.07) is 9.47. The number of carboxylic acid groups (broad SMARTS) is 1. The van der Waals surface area contributed by atoms with E-state index in [9.17, 15) is 22.8 Å². The van der Waals surface area contributed by atoms with E-state index < -0.39 is 42.2 Å². The SMILES string of the molecule is O=C(O)COc1ccc(Cl)cc1C1c2scnc2CCN1C(=O)[C@@H]1C[C@H]1c1ccccc1C(F)(F)F. The Labute approximate surface area is 213 Å². The molecule has 36 heavy (non-hydrogen) atoms. The lowest BCUT2D eigenvalue weighted by Gasteiger charge is -2.36. The van der Waals surface area contributed by atoms with Crippen molar-refractivity contribution in [2.24, 2.45) is 5.92 Å². The van der Waals surface area contributed by atoms with Crippen molar-refractivity contribution in [3.8, 4) is 5.75 Å². The number of aliphatic carboxylic acids is 1. The minimum absolute atomic E-state index is 0.128. The number of aromatic nitrogens is 1. The fourth-order valence-corrected chi connectivity index (χ4v) is 5.99. The van der Waals surface area contributed by atoms with E-state index >= 15 is 0 Å². The van der Waals surface area contributed by atoms with Crippen molar-refractivity contribution >= 4 is 34.8 Å². The van der Waals surface area contributed by atoms with Crippen LogP contribution >= 0.6 is 22.9 Å². The highest BCUT2D eigenvalue weighted by Crippen LogP contribution is 2.53. The number of carbonyl (C=O) groups excluding carboxylic acids is 1. The van der Waals surface area contributed by atoms with Gasteiger partial charge in [-0.25, -0.2) is 9.78 Å². The van der Waals surface area contributed by atoms with Gasteiger partial charge in [-0.05, 0) is 42.2 Å². The molecule has 0 saturated heterocycles. The molecule has 0 bridgehead atoms. The zero-order chi connectivity index (χ0) is 25.6. The molecule has 1 aromatic heterocycles. The highest BCUT2D eigenvalue weighted by atomic mass is 35.5. The van der Waals surface area contributed by atoms with Gasteiger partial charge < -0.3 is 14.7 Å². The second-order valence-electron chi connectivity index (χ2n) is 8.75. The summed E-state index contributed by atoms with van der Waals surface area (Å²) in [5.74, 6) is -2.27. The van der Waals surface area contributed by atoms with E-state index in [2.05, 4.69) is 4.98 Å². The molecule has 1 amide bonds. The van der Waals surface area contributed by atoms with Crippen LogP contribution in [-0.4, -0.2) is 40.0 Å². The van der Waals surface area contributed by atoms with Crippen molar-refractivity contribution in [3.63, 3.8) is 0 Å². The normalized spacial score (nSPS) is 21.1. The summed E-state index contributed by atoms with van der Waals surface area (Å²) < 4.78 is 46.2. The Morgan fingerprint density at radius 1 is 1.19 bits per heavy atom. The zero-order valence-corrected chi connectivity index (χ0v) is 20.2. The summed E-state index contributed by atoms with van der Waals surface area (Å²) in [5.41, 5.74) is 2.41. The number of nitrogens with zero attached hydrogens (tertiary/aromatic N) is 2. The Balaban J connectivity index is 1.49. The topological polar surface area (TPSA) is 79.7 Å². The van der Waals surface area contributed by atoms with E-state index in [0.29, 0.717) is 30.0 Å². The Kier molecular flexibility index (Phi) is 6.42. The van der Waals surface area contributed by atoms with Gasteiger partial charge in [0.2, 0.25) is 5.91 Å². The second kappa shape index (κ2) is 9.40. The molecule has 1 aliphatic carbocycles. The number of hydrogen-bond donors (Lipinski definition) is 1. The first-order chi connectivity index (χ1) is 17.1. The van der Waals surface area contributed by atoms with Gasteiger partial charge in [-0.15, -0.1) is 11.3 Å². The molecule has 6 nitrogen and oxygen atoms in total. The molecule has 188 valence electrons. The van der Waals surface area contributed by atoms with Gasteiger partial charge in [-0.3, -0.25) is 4.79 Å². The first-order valence-corrected chi connectivity index (χ1v) is 12.4. The molecule has 3 aromatic rings. The first kappa shape index (κ1) is 24.6. The van der Waals surface area contributed by atoms with Crippen molar-refractivity contribution in [1.82, 2.24) is 9.88 Å². The van der Waals surface area contributed by atoms with Crippen molar-refractivity contribution < 1.29 is 32.6 Å². The maximum atomic E-state index is 13.7. The van der Waals surface area contributed by atoms with Crippen LogP contribution in [0.3, 0.4) is 0 Å². The van der Waals surface area contributed by atoms with Crippen molar-refractivity contribution in [2.45, 2.75) is 31.0 Å².